The Hall–Kier alpha value is -3.53. The van der Waals surface area contributed by atoms with Crippen LogP contribution < -0.4 is 4.90 Å². The zero-order valence-electron chi connectivity index (χ0n) is 15.2. The van der Waals surface area contributed by atoms with E-state index in [0.29, 0.717) is 16.9 Å². The molecule has 1 unspecified atom stereocenters. The summed E-state index contributed by atoms with van der Waals surface area (Å²) in [6, 6.07) is 25.4. The van der Waals surface area contributed by atoms with Crippen LogP contribution in [-0.2, 0) is 16.0 Å². The lowest BCUT2D eigenvalue weighted by atomic mass is 9.91. The Morgan fingerprint density at radius 3 is 2.10 bits per heavy atom. The molecule has 29 heavy (non-hydrogen) atoms. The van der Waals surface area contributed by atoms with Gasteiger partial charge in [-0.25, -0.2) is 0 Å². The number of carbonyl (C=O) groups excluding carboxylic acids is 3. The van der Waals surface area contributed by atoms with Crippen LogP contribution in [0.2, 0.25) is 0 Å². The maximum absolute atomic E-state index is 13.4. The van der Waals surface area contributed by atoms with Gasteiger partial charge in [0.25, 0.3) is 0 Å². The molecular weight excluding hydrogens is 362 g/mol. The first-order chi connectivity index (χ1) is 13.6. The predicted octanol–water partition coefficient (Wildman–Crippen LogP) is 5.00. The van der Waals surface area contributed by atoms with Crippen LogP contribution in [0.4, 0.5) is 11.4 Å². The zero-order valence-corrected chi connectivity index (χ0v) is 15.2. The fourth-order valence-electron chi connectivity index (χ4n) is 3.57. The van der Waals surface area contributed by atoms with Crippen LogP contribution in [-0.4, -0.2) is 17.5 Å². The van der Waals surface area contributed by atoms with Crippen LogP contribution >= 0.6 is 0 Å². The summed E-state index contributed by atoms with van der Waals surface area (Å²) in [7, 11) is 0. The molecule has 0 saturated carbocycles. The summed E-state index contributed by atoms with van der Waals surface area (Å²) in [6.07, 6.45) is 0.0109. The van der Waals surface area contributed by atoms with Gasteiger partial charge in [-0.2, -0.15) is 0 Å². The van der Waals surface area contributed by atoms with Gasteiger partial charge in [-0.1, -0.05) is 74.2 Å². The molecule has 1 atom stereocenters. The largest absolute Gasteiger partial charge is 0.298 e. The van der Waals surface area contributed by atoms with Gasteiger partial charge in [0, 0.05) is 24.1 Å². The number of amides is 1. The van der Waals surface area contributed by atoms with Crippen LogP contribution in [0.25, 0.3) is 0 Å². The predicted molar refractivity (Wildman–Crippen MR) is 114 cm³/mol. The maximum Gasteiger partial charge on any atom is 0.242 e. The third-order valence-electron chi connectivity index (χ3n) is 5.00. The van der Waals surface area contributed by atoms with E-state index in [1.54, 1.807) is 29.2 Å². The van der Waals surface area contributed by atoms with Gasteiger partial charge in [0.15, 0.2) is 5.78 Å². The molecule has 0 radical (unpaired) electrons. The number of Topliss-reactive ketones (excluding diaryl/α,β-unsaturated/α-hetero) is 2. The molecule has 0 aliphatic carbocycles. The summed E-state index contributed by atoms with van der Waals surface area (Å²) < 4.78 is 0. The minimum Gasteiger partial charge on any atom is -0.298 e. The highest BCUT2D eigenvalue weighted by Crippen LogP contribution is 2.35. The van der Waals surface area contributed by atoms with Crippen molar-refractivity contribution in [3.05, 3.63) is 96.1 Å². The number of benzene rings is 3. The van der Waals surface area contributed by atoms with E-state index >= 15 is 0 Å². The Morgan fingerprint density at radius 1 is 0.828 bits per heavy atom. The fourth-order valence-corrected chi connectivity index (χ4v) is 3.57. The van der Waals surface area contributed by atoms with Crippen LogP contribution in [0.5, 0.6) is 0 Å². The van der Waals surface area contributed by atoms with E-state index in [0.717, 1.165) is 5.56 Å². The molecule has 1 aliphatic heterocycles. The van der Waals surface area contributed by atoms with E-state index in [4.69, 9.17) is 0 Å². The quantitative estimate of drug-likeness (QED) is 0.469. The molecule has 1 heterocycles. The van der Waals surface area contributed by atoms with Crippen molar-refractivity contribution in [1.29, 1.82) is 0 Å². The number of para-hydroxylation sites is 2. The van der Waals surface area contributed by atoms with Gasteiger partial charge >= 0.3 is 0 Å². The topological polar surface area (TPSA) is 54.5 Å². The number of hydrogen-bond donors (Lipinski definition) is 0. The van der Waals surface area contributed by atoms with Gasteiger partial charge < -0.3 is 0 Å². The monoisotopic (exact) mass is 385 g/mol. The Bertz CT molecular complexity index is 1030. The van der Waals surface area contributed by atoms with E-state index in [2.05, 4.69) is 0 Å². The van der Waals surface area contributed by atoms with Crippen LogP contribution in [0.15, 0.2) is 84.9 Å². The number of nitrogens with zero attached hydrogens (tertiary/aromatic N) is 1. The first kappa shape index (κ1) is 20.2. The number of hydrogen-bond acceptors (Lipinski definition) is 3. The number of rotatable bonds is 4. The second kappa shape index (κ2) is 8.65. The van der Waals surface area contributed by atoms with Gasteiger partial charge in [-0.3, -0.25) is 19.3 Å². The first-order valence-corrected chi connectivity index (χ1v) is 9.23. The van der Waals surface area contributed by atoms with Gasteiger partial charge in [0.2, 0.25) is 5.91 Å². The molecule has 0 fully saturated rings. The second-order valence-electron chi connectivity index (χ2n) is 6.83. The normalized spacial score (nSPS) is 15.9. The lowest BCUT2D eigenvalue weighted by Gasteiger charge is -2.25. The number of anilines is 2. The maximum atomic E-state index is 13.4. The molecule has 4 nitrogen and oxygen atoms in total. The fraction of sp³-hybridized carbons (Fsp3) is 0.160. The van der Waals surface area contributed by atoms with Gasteiger partial charge in [0.05, 0.1) is 5.69 Å². The van der Waals surface area contributed by atoms with Crippen LogP contribution in [0.1, 0.15) is 29.8 Å². The van der Waals surface area contributed by atoms with Crippen molar-refractivity contribution in [3.8, 4) is 0 Å². The van der Waals surface area contributed by atoms with Gasteiger partial charge in [0.1, 0.15) is 11.7 Å². The Morgan fingerprint density at radius 2 is 1.41 bits per heavy atom. The third-order valence-corrected chi connectivity index (χ3v) is 5.00. The Balaban J connectivity index is 0.00000240. The number of carbonyl (C=O) groups is 3. The molecule has 1 amide bonds. The molecule has 0 aromatic heterocycles. The van der Waals surface area contributed by atoms with Crippen molar-refractivity contribution in [1.82, 2.24) is 0 Å². The number of ketones is 2. The highest BCUT2D eigenvalue weighted by Gasteiger charge is 2.37. The third kappa shape index (κ3) is 4.02. The van der Waals surface area contributed by atoms with Crippen molar-refractivity contribution in [2.45, 2.75) is 20.3 Å². The van der Waals surface area contributed by atoms with E-state index in [1.165, 1.54) is 0 Å². The first-order valence-electron chi connectivity index (χ1n) is 9.23. The van der Waals surface area contributed by atoms with E-state index < -0.39 is 5.92 Å². The Kier molecular flexibility index (Phi) is 6.03. The number of fused-ring (bicyclic) bond motifs is 1. The molecule has 4 heteroatoms. The molecule has 1 aliphatic rings. The molecule has 3 aromatic rings. The average Bonchev–Trinajstić information content (AvgIpc) is 2.84. The lowest BCUT2D eigenvalue weighted by Crippen LogP contribution is -2.36. The SMILES string of the molecule is C.O=C(CC1C(=O)Cc2ccccc2N(c2ccccc2)C1=O)c1ccccc1. The van der Waals surface area contributed by atoms with Crippen molar-refractivity contribution in [2.24, 2.45) is 5.92 Å². The van der Waals surface area contributed by atoms with Crippen molar-refractivity contribution < 1.29 is 14.4 Å². The highest BCUT2D eigenvalue weighted by molar-refractivity contribution is 6.17. The summed E-state index contributed by atoms with van der Waals surface area (Å²) in [5.41, 5.74) is 2.68. The van der Waals surface area contributed by atoms with Crippen molar-refractivity contribution in [3.63, 3.8) is 0 Å². The molecule has 0 bridgehead atoms. The molecule has 4 rings (SSSR count). The molecule has 0 saturated heterocycles. The van der Waals surface area contributed by atoms with Crippen molar-refractivity contribution in [2.75, 3.05) is 4.90 Å². The molecule has 0 N–H and O–H groups in total. The summed E-state index contributed by atoms with van der Waals surface area (Å²) in [6.45, 7) is 0. The molecule has 3 aromatic carbocycles. The van der Waals surface area contributed by atoms with Crippen molar-refractivity contribution >= 4 is 28.8 Å². The lowest BCUT2D eigenvalue weighted by molar-refractivity contribution is -0.131. The van der Waals surface area contributed by atoms with E-state index in [1.807, 2.05) is 60.7 Å². The van der Waals surface area contributed by atoms with E-state index in [9.17, 15) is 14.4 Å². The van der Waals surface area contributed by atoms with E-state index in [-0.39, 0.29) is 37.7 Å². The summed E-state index contributed by atoms with van der Waals surface area (Å²) in [5.74, 6) is -1.78. The average molecular weight is 385 g/mol. The van der Waals surface area contributed by atoms with Gasteiger partial charge in [-0.15, -0.1) is 0 Å². The Labute approximate surface area is 170 Å². The smallest absolute Gasteiger partial charge is 0.242 e. The second-order valence-corrected chi connectivity index (χ2v) is 6.83. The molecule has 146 valence electrons. The summed E-state index contributed by atoms with van der Waals surface area (Å²) >= 11 is 0. The zero-order chi connectivity index (χ0) is 19.5. The van der Waals surface area contributed by atoms with Crippen LogP contribution in [0.3, 0.4) is 0 Å². The van der Waals surface area contributed by atoms with Gasteiger partial charge in [-0.05, 0) is 23.8 Å². The minimum absolute atomic E-state index is 0. The molecular formula is C25H23NO3. The summed E-state index contributed by atoms with van der Waals surface area (Å²) in [5, 5.41) is 0. The molecule has 0 spiro atoms. The standard InChI is InChI=1S/C24H19NO3.CH4/c26-22(17-9-3-1-4-10-17)16-20-23(27)15-18-11-7-8-14-21(18)25(24(20)28)19-12-5-2-6-13-19;/h1-14,20H,15-16H2;1H4. The highest BCUT2D eigenvalue weighted by atomic mass is 16.2. The minimum atomic E-state index is -1.000. The summed E-state index contributed by atoms with van der Waals surface area (Å²) in [4.78, 5) is 40.7. The van der Waals surface area contributed by atoms with Crippen LogP contribution in [0, 0.1) is 5.92 Å².